The number of ether oxygens (including phenoxy) is 2. The van der Waals surface area contributed by atoms with E-state index in [0.29, 0.717) is 26.9 Å². The molecule has 0 fully saturated rings. The molecule has 0 unspecified atom stereocenters. The lowest BCUT2D eigenvalue weighted by atomic mass is 10.1. The minimum Gasteiger partial charge on any atom is -1.00 e. The lowest BCUT2D eigenvalue weighted by Crippen LogP contribution is -3.00. The van der Waals surface area contributed by atoms with E-state index >= 15 is 0 Å². The van der Waals surface area contributed by atoms with Crippen molar-refractivity contribution in [3.05, 3.63) is 27.9 Å². The van der Waals surface area contributed by atoms with Crippen LogP contribution in [0.25, 0.3) is 10.9 Å². The Morgan fingerprint density at radius 1 is 1.38 bits per heavy atom. The number of rotatable bonds is 5. The molecule has 142 valence electrons. The maximum atomic E-state index is 12.5. The van der Waals surface area contributed by atoms with Gasteiger partial charge in [-0.25, -0.2) is 4.79 Å². The number of benzene rings is 1. The zero-order chi connectivity index (χ0) is 18.7. The number of carbonyl (C=O) groups excluding carboxylic acids is 2. The Morgan fingerprint density at radius 3 is 2.58 bits per heavy atom. The lowest BCUT2D eigenvalue weighted by molar-refractivity contribution is -0.131. The molecule has 26 heavy (non-hydrogen) atoms. The highest BCUT2D eigenvalue weighted by atomic mass is 79.9. The van der Waals surface area contributed by atoms with Crippen LogP contribution in [0.1, 0.15) is 29.9 Å². The molecule has 0 radical (unpaired) electrons. The van der Waals surface area contributed by atoms with Gasteiger partial charge in [0.25, 0.3) is 5.17 Å². The summed E-state index contributed by atoms with van der Waals surface area (Å²) in [7, 11) is 1.84. The predicted molar refractivity (Wildman–Crippen MR) is 100 cm³/mol. The monoisotopic (exact) mass is 507 g/mol. The van der Waals surface area contributed by atoms with Crippen LogP contribution in [0.4, 0.5) is 0 Å². The number of amidine groups is 1. The van der Waals surface area contributed by atoms with Gasteiger partial charge in [0.1, 0.15) is 5.75 Å². The number of esters is 2. The fourth-order valence-corrected chi connectivity index (χ4v) is 3.53. The molecule has 10 heteroatoms. The molecule has 7 nitrogen and oxygen atoms in total. The van der Waals surface area contributed by atoms with Gasteiger partial charge >= 0.3 is 11.9 Å². The summed E-state index contributed by atoms with van der Waals surface area (Å²) in [6, 6.07) is 3.44. The van der Waals surface area contributed by atoms with Crippen molar-refractivity contribution in [3.63, 3.8) is 0 Å². The number of fused-ring (bicyclic) bond motifs is 1. The molecule has 2 rings (SSSR count). The molecular weight excluding hydrogens is 490 g/mol. The van der Waals surface area contributed by atoms with Crippen molar-refractivity contribution >= 4 is 55.7 Å². The molecule has 1 heterocycles. The van der Waals surface area contributed by atoms with Gasteiger partial charge in [0.2, 0.25) is 0 Å². The van der Waals surface area contributed by atoms with Crippen molar-refractivity contribution in [2.24, 2.45) is 12.8 Å². The molecule has 2 aromatic rings. The van der Waals surface area contributed by atoms with Crippen LogP contribution in [0.2, 0.25) is 0 Å². The number of aryl methyl sites for hydroxylation is 1. The highest BCUT2D eigenvalue weighted by molar-refractivity contribution is 9.10. The smallest absolute Gasteiger partial charge is 0.340 e. The van der Waals surface area contributed by atoms with E-state index in [1.54, 1.807) is 19.1 Å². The van der Waals surface area contributed by atoms with Crippen LogP contribution >= 0.6 is 27.7 Å². The van der Waals surface area contributed by atoms with Crippen molar-refractivity contribution in [3.8, 4) is 5.75 Å². The molecule has 0 atom stereocenters. The van der Waals surface area contributed by atoms with Gasteiger partial charge in [0, 0.05) is 30.8 Å². The van der Waals surface area contributed by atoms with Gasteiger partial charge in [-0.1, -0.05) is 0 Å². The van der Waals surface area contributed by atoms with Gasteiger partial charge in [0.05, 0.1) is 22.2 Å². The maximum absolute atomic E-state index is 12.5. The normalized spacial score (nSPS) is 10.3. The summed E-state index contributed by atoms with van der Waals surface area (Å²) in [6.45, 7) is 3.31. The van der Waals surface area contributed by atoms with Crippen LogP contribution < -0.4 is 32.9 Å². The molecule has 0 aliphatic carbocycles. The summed E-state index contributed by atoms with van der Waals surface area (Å²) in [5.41, 5.74) is 7.46. The van der Waals surface area contributed by atoms with Gasteiger partial charge in [-0.15, -0.1) is 0 Å². The minimum atomic E-state index is -0.449. The fourth-order valence-electron chi connectivity index (χ4n) is 2.47. The lowest BCUT2D eigenvalue weighted by Gasteiger charge is -2.06. The van der Waals surface area contributed by atoms with E-state index in [1.807, 2.05) is 11.6 Å². The first kappa shape index (κ1) is 22.5. The maximum Gasteiger partial charge on any atom is 0.340 e. The van der Waals surface area contributed by atoms with Crippen LogP contribution in [0, 0.1) is 0 Å². The average Bonchev–Trinajstić information content (AvgIpc) is 2.77. The zero-order valence-electron chi connectivity index (χ0n) is 14.5. The number of aromatic nitrogens is 1. The fraction of sp³-hybridized carbons (Fsp3) is 0.312. The van der Waals surface area contributed by atoms with Crippen molar-refractivity contribution in [1.82, 2.24) is 4.57 Å². The Labute approximate surface area is 174 Å². The largest absolute Gasteiger partial charge is 1.00 e. The second kappa shape index (κ2) is 9.43. The number of thioether (sulfide) groups is 1. The summed E-state index contributed by atoms with van der Waals surface area (Å²) < 4.78 is 12.9. The second-order valence-corrected chi connectivity index (χ2v) is 7.09. The molecule has 0 bridgehead atoms. The van der Waals surface area contributed by atoms with Gasteiger partial charge in [-0.05, 0) is 46.7 Å². The topological polar surface area (TPSA) is 109 Å². The third-order valence-corrected chi connectivity index (χ3v) is 4.85. The first-order valence-electron chi connectivity index (χ1n) is 7.43. The molecule has 4 N–H and O–H groups in total. The van der Waals surface area contributed by atoms with Crippen LogP contribution in [-0.4, -0.2) is 28.3 Å². The number of nitrogens with zero attached hydrogens (tertiary/aromatic N) is 1. The van der Waals surface area contributed by atoms with Crippen LogP contribution in [0.3, 0.4) is 0 Å². The number of carbonyl (C=O) groups is 2. The summed E-state index contributed by atoms with van der Waals surface area (Å²) in [6.07, 6.45) is 0. The standard InChI is InChI=1S/C16H18BrN3O4S.BrH/c1-4-23-15(22)14-9-5-13(24-8(2)21)10(17)6-11(9)20(3)12(14)7-25-16(18)19;/h5-6H,4,7H2,1-3H3,(H3,18,19);1H. The van der Waals surface area contributed by atoms with E-state index in [-0.39, 0.29) is 28.8 Å². The summed E-state index contributed by atoms with van der Waals surface area (Å²) in [5, 5.41) is 6.38. The predicted octanol–water partition coefficient (Wildman–Crippen LogP) is -1.65. The molecule has 0 aliphatic heterocycles. The Balaban J connectivity index is 0.00000338. The number of hydrogen-bond donors (Lipinski definition) is 2. The average molecular weight is 509 g/mol. The summed E-state index contributed by atoms with van der Waals surface area (Å²) in [4.78, 5) is 23.8. The van der Waals surface area contributed by atoms with Crippen LogP contribution in [0.5, 0.6) is 5.75 Å². The van der Waals surface area contributed by atoms with Gasteiger partial charge in [-0.2, -0.15) is 0 Å². The number of hydrogen-bond acceptors (Lipinski definition) is 5. The summed E-state index contributed by atoms with van der Waals surface area (Å²) in [5.74, 6) is -0.159. The number of nitrogens with two attached hydrogens (primary N) is 2. The minimum absolute atomic E-state index is 0. The van der Waals surface area contributed by atoms with Crippen molar-refractivity contribution in [2.45, 2.75) is 19.6 Å². The van der Waals surface area contributed by atoms with E-state index in [9.17, 15) is 9.59 Å². The van der Waals surface area contributed by atoms with Gasteiger partial charge in [-0.3, -0.25) is 15.9 Å². The number of halogens is 2. The highest BCUT2D eigenvalue weighted by Gasteiger charge is 2.24. The van der Waals surface area contributed by atoms with E-state index in [2.05, 4.69) is 15.9 Å². The van der Waals surface area contributed by atoms with E-state index in [4.69, 9.17) is 20.6 Å². The van der Waals surface area contributed by atoms with Crippen molar-refractivity contribution in [1.29, 1.82) is 0 Å². The Hall–Kier alpha value is -1.52. The third kappa shape index (κ3) is 4.80. The zero-order valence-corrected chi connectivity index (χ0v) is 18.5. The van der Waals surface area contributed by atoms with E-state index in [1.165, 1.54) is 18.7 Å². The third-order valence-electron chi connectivity index (χ3n) is 3.48. The molecule has 0 saturated heterocycles. The molecule has 0 aliphatic rings. The molecule has 0 amide bonds. The van der Waals surface area contributed by atoms with E-state index < -0.39 is 11.9 Å². The Kier molecular flexibility index (Phi) is 8.16. The first-order valence-corrected chi connectivity index (χ1v) is 9.21. The molecule has 1 aromatic carbocycles. The molecule has 0 saturated carbocycles. The quantitative estimate of drug-likeness (QED) is 0.217. The van der Waals surface area contributed by atoms with Gasteiger partial charge in [0.15, 0.2) is 0 Å². The molecular formula is C16H19Br2N3O4S. The summed E-state index contributed by atoms with van der Waals surface area (Å²) >= 11 is 4.62. The Bertz CT molecular complexity index is 867. The molecule has 1 aromatic heterocycles. The van der Waals surface area contributed by atoms with Crippen molar-refractivity contribution < 1.29 is 41.5 Å². The molecule has 0 spiro atoms. The van der Waals surface area contributed by atoms with E-state index in [0.717, 1.165) is 11.2 Å². The highest BCUT2D eigenvalue weighted by Crippen LogP contribution is 2.36. The van der Waals surface area contributed by atoms with Crippen LogP contribution in [0.15, 0.2) is 16.6 Å². The SMILES string of the molecule is CCOC(=O)c1c(CSC(N)=[NH2+])n(C)c2cc(Br)c(OC(C)=O)cc12.[Br-]. The van der Waals surface area contributed by atoms with Crippen LogP contribution in [-0.2, 0) is 22.3 Å². The first-order chi connectivity index (χ1) is 11.8. The Morgan fingerprint density at radius 2 is 2.04 bits per heavy atom. The van der Waals surface area contributed by atoms with Crippen molar-refractivity contribution in [2.75, 3.05) is 6.61 Å². The van der Waals surface area contributed by atoms with Gasteiger partial charge < -0.3 is 31.0 Å². The second-order valence-electron chi connectivity index (χ2n) is 5.19.